The first-order chi connectivity index (χ1) is 7.16. The zero-order valence-electron chi connectivity index (χ0n) is 8.20. The molecule has 0 spiro atoms. The number of hydrogen-bond acceptors (Lipinski definition) is 2. The van der Waals surface area contributed by atoms with Gasteiger partial charge >= 0.3 is 0 Å². The highest BCUT2D eigenvalue weighted by Crippen LogP contribution is 2.29. The lowest BCUT2D eigenvalue weighted by Gasteiger charge is -2.06. The van der Waals surface area contributed by atoms with Gasteiger partial charge in [0, 0.05) is 11.6 Å². The van der Waals surface area contributed by atoms with Crippen LogP contribution in [0.15, 0.2) is 18.2 Å². The van der Waals surface area contributed by atoms with Gasteiger partial charge < -0.3 is 10.5 Å². The molecule has 0 aromatic heterocycles. The van der Waals surface area contributed by atoms with Crippen molar-refractivity contribution in [2.45, 2.75) is 12.8 Å². The van der Waals surface area contributed by atoms with Gasteiger partial charge in [-0.2, -0.15) is 0 Å². The molecule has 15 heavy (non-hydrogen) atoms. The second kappa shape index (κ2) is 4.14. The van der Waals surface area contributed by atoms with Crippen LogP contribution >= 0.6 is 12.2 Å². The molecule has 2 N–H and O–H groups in total. The third-order valence-corrected chi connectivity index (χ3v) is 2.61. The summed E-state index contributed by atoms with van der Waals surface area (Å²) in [4.78, 5) is 0.0706. The minimum absolute atomic E-state index is 0.0706. The van der Waals surface area contributed by atoms with E-state index in [0.717, 1.165) is 0 Å². The first-order valence-electron chi connectivity index (χ1n) is 4.89. The Hall–Kier alpha value is -1.16. The molecule has 1 aliphatic rings. The second-order valence-electron chi connectivity index (χ2n) is 3.76. The second-order valence-corrected chi connectivity index (χ2v) is 4.20. The van der Waals surface area contributed by atoms with Gasteiger partial charge in [-0.15, -0.1) is 0 Å². The summed E-state index contributed by atoms with van der Waals surface area (Å²) >= 11 is 4.71. The molecular weight excluding hydrogens is 213 g/mol. The predicted octanol–water partition coefficient (Wildman–Crippen LogP) is 2.25. The van der Waals surface area contributed by atoms with Crippen molar-refractivity contribution in [2.24, 2.45) is 11.7 Å². The van der Waals surface area contributed by atoms with E-state index in [4.69, 9.17) is 22.7 Å². The summed E-state index contributed by atoms with van der Waals surface area (Å²) < 4.78 is 18.8. The molecule has 80 valence electrons. The normalized spacial score (nSPS) is 15.0. The Morgan fingerprint density at radius 3 is 2.80 bits per heavy atom. The summed E-state index contributed by atoms with van der Waals surface area (Å²) in [6.45, 7) is 0.672. The summed E-state index contributed by atoms with van der Waals surface area (Å²) in [6, 6.07) is 4.58. The number of thiocarbonyl (C=S) groups is 1. The lowest BCUT2D eigenvalue weighted by Crippen LogP contribution is -2.11. The number of nitrogens with two attached hydrogens (primary N) is 1. The van der Waals surface area contributed by atoms with Gasteiger partial charge in [-0.25, -0.2) is 4.39 Å². The average Bonchev–Trinajstić information content (AvgIpc) is 2.97. The number of hydrogen-bond donors (Lipinski definition) is 1. The molecule has 0 saturated heterocycles. The minimum atomic E-state index is -0.421. The molecule has 0 amide bonds. The highest BCUT2D eigenvalue weighted by molar-refractivity contribution is 7.80. The largest absolute Gasteiger partial charge is 0.493 e. The van der Waals surface area contributed by atoms with Gasteiger partial charge in [-0.05, 0) is 30.9 Å². The van der Waals surface area contributed by atoms with Crippen LogP contribution in [-0.4, -0.2) is 11.6 Å². The standard InChI is InChI=1S/C11H12FNOS/c12-10-5-8(14-6-7-1-2-7)3-4-9(10)11(13)15/h3-5,7H,1-2,6H2,(H2,13,15). The Labute approximate surface area is 93.2 Å². The van der Waals surface area contributed by atoms with Crippen molar-refractivity contribution in [2.75, 3.05) is 6.61 Å². The van der Waals surface area contributed by atoms with Gasteiger partial charge in [-0.3, -0.25) is 0 Å². The molecule has 0 radical (unpaired) electrons. The Bertz CT molecular complexity index is 390. The lowest BCUT2D eigenvalue weighted by molar-refractivity contribution is 0.298. The molecule has 0 atom stereocenters. The molecule has 2 rings (SSSR count). The Morgan fingerprint density at radius 1 is 1.53 bits per heavy atom. The Morgan fingerprint density at radius 2 is 2.27 bits per heavy atom. The number of rotatable bonds is 4. The molecule has 1 aliphatic carbocycles. The molecule has 0 bridgehead atoms. The van der Waals surface area contributed by atoms with Gasteiger partial charge in [0.25, 0.3) is 0 Å². The summed E-state index contributed by atoms with van der Waals surface area (Å²) in [6.07, 6.45) is 2.43. The van der Waals surface area contributed by atoms with Crippen LogP contribution < -0.4 is 10.5 Å². The average molecular weight is 225 g/mol. The lowest BCUT2D eigenvalue weighted by atomic mass is 10.2. The van der Waals surface area contributed by atoms with E-state index < -0.39 is 5.82 Å². The van der Waals surface area contributed by atoms with Crippen LogP contribution in [0.4, 0.5) is 4.39 Å². The van der Waals surface area contributed by atoms with Crippen molar-refractivity contribution in [3.05, 3.63) is 29.6 Å². The van der Waals surface area contributed by atoms with Crippen LogP contribution in [0.5, 0.6) is 5.75 Å². The highest BCUT2D eigenvalue weighted by atomic mass is 32.1. The fraction of sp³-hybridized carbons (Fsp3) is 0.364. The molecule has 2 nitrogen and oxygen atoms in total. The van der Waals surface area contributed by atoms with Crippen LogP contribution in [0, 0.1) is 11.7 Å². The van der Waals surface area contributed by atoms with E-state index in [1.54, 1.807) is 12.1 Å². The molecule has 1 saturated carbocycles. The molecular formula is C11H12FNOS. The fourth-order valence-electron chi connectivity index (χ4n) is 1.28. The summed E-state index contributed by atoms with van der Waals surface area (Å²) in [5, 5.41) is 0. The first kappa shape index (κ1) is 10.4. The fourth-order valence-corrected chi connectivity index (χ4v) is 1.45. The third-order valence-electron chi connectivity index (χ3n) is 2.39. The smallest absolute Gasteiger partial charge is 0.137 e. The van der Waals surface area contributed by atoms with E-state index in [0.29, 0.717) is 18.3 Å². The highest BCUT2D eigenvalue weighted by Gasteiger charge is 2.22. The minimum Gasteiger partial charge on any atom is -0.493 e. The van der Waals surface area contributed by atoms with Crippen molar-refractivity contribution >= 4 is 17.2 Å². The molecule has 0 aliphatic heterocycles. The van der Waals surface area contributed by atoms with Crippen molar-refractivity contribution in [1.82, 2.24) is 0 Å². The topological polar surface area (TPSA) is 35.2 Å². The van der Waals surface area contributed by atoms with Crippen LogP contribution in [0.2, 0.25) is 0 Å². The van der Waals surface area contributed by atoms with Gasteiger partial charge in [0.2, 0.25) is 0 Å². The van der Waals surface area contributed by atoms with Crippen molar-refractivity contribution in [3.63, 3.8) is 0 Å². The molecule has 1 aromatic rings. The van der Waals surface area contributed by atoms with E-state index in [-0.39, 0.29) is 10.6 Å². The number of halogens is 1. The van der Waals surface area contributed by atoms with E-state index in [2.05, 4.69) is 0 Å². The van der Waals surface area contributed by atoms with Crippen LogP contribution in [-0.2, 0) is 0 Å². The molecule has 0 heterocycles. The zero-order chi connectivity index (χ0) is 10.8. The maximum atomic E-state index is 13.4. The van der Waals surface area contributed by atoms with Crippen molar-refractivity contribution in [3.8, 4) is 5.75 Å². The molecule has 0 unspecified atom stereocenters. The maximum absolute atomic E-state index is 13.4. The summed E-state index contributed by atoms with van der Waals surface area (Å²) in [5.41, 5.74) is 5.61. The maximum Gasteiger partial charge on any atom is 0.137 e. The predicted molar refractivity (Wildman–Crippen MR) is 60.5 cm³/mol. The van der Waals surface area contributed by atoms with Crippen molar-refractivity contribution < 1.29 is 9.13 Å². The molecule has 1 aromatic carbocycles. The molecule has 4 heteroatoms. The van der Waals surface area contributed by atoms with Gasteiger partial charge in [-0.1, -0.05) is 12.2 Å². The zero-order valence-corrected chi connectivity index (χ0v) is 9.02. The van der Waals surface area contributed by atoms with Crippen LogP contribution in [0.25, 0.3) is 0 Å². The van der Waals surface area contributed by atoms with E-state index in [1.807, 2.05) is 0 Å². The van der Waals surface area contributed by atoms with E-state index in [9.17, 15) is 4.39 Å². The monoisotopic (exact) mass is 225 g/mol. The SMILES string of the molecule is NC(=S)c1ccc(OCC2CC2)cc1F. The summed E-state index contributed by atoms with van der Waals surface area (Å²) in [7, 11) is 0. The van der Waals surface area contributed by atoms with Gasteiger partial charge in [0.05, 0.1) is 6.61 Å². The number of ether oxygens (including phenoxy) is 1. The summed E-state index contributed by atoms with van der Waals surface area (Å²) in [5.74, 6) is 0.776. The van der Waals surface area contributed by atoms with E-state index in [1.165, 1.54) is 18.9 Å². The van der Waals surface area contributed by atoms with Crippen molar-refractivity contribution in [1.29, 1.82) is 0 Å². The van der Waals surface area contributed by atoms with Gasteiger partial charge in [0.15, 0.2) is 0 Å². The Balaban J connectivity index is 2.06. The third kappa shape index (κ3) is 2.65. The quantitative estimate of drug-likeness (QED) is 0.798. The Kier molecular flexibility index (Phi) is 2.86. The van der Waals surface area contributed by atoms with Crippen LogP contribution in [0.1, 0.15) is 18.4 Å². The van der Waals surface area contributed by atoms with Crippen LogP contribution in [0.3, 0.4) is 0 Å². The van der Waals surface area contributed by atoms with E-state index >= 15 is 0 Å². The molecule has 1 fully saturated rings. The first-order valence-corrected chi connectivity index (χ1v) is 5.30. The van der Waals surface area contributed by atoms with Gasteiger partial charge in [0.1, 0.15) is 16.6 Å². The number of benzene rings is 1.